The van der Waals surface area contributed by atoms with Crippen LogP contribution in [0.5, 0.6) is 0 Å². The number of piperazine rings is 1. The monoisotopic (exact) mass is 492 g/mol. The molecule has 2 fully saturated rings. The zero-order valence-electron chi connectivity index (χ0n) is 18.5. The maximum atomic E-state index is 13.1. The number of thioether (sulfide) groups is 1. The second-order valence-corrected chi connectivity index (χ2v) is 11.5. The SMILES string of the molecule is CC(Sc1nnc(C2CC2)n1CCC(N)=O)C(=O)N1CCN(S(=O)(=O)c2ccccc2)CC1. The molecule has 178 valence electrons. The van der Waals surface area contributed by atoms with E-state index < -0.39 is 21.2 Å². The van der Waals surface area contributed by atoms with Crippen LogP contribution >= 0.6 is 11.8 Å². The van der Waals surface area contributed by atoms with Crippen molar-refractivity contribution in [2.75, 3.05) is 26.2 Å². The largest absolute Gasteiger partial charge is 0.370 e. The van der Waals surface area contributed by atoms with Crippen molar-refractivity contribution in [1.29, 1.82) is 0 Å². The molecule has 2 N–H and O–H groups in total. The first-order chi connectivity index (χ1) is 15.8. The van der Waals surface area contributed by atoms with Gasteiger partial charge in [-0.15, -0.1) is 10.2 Å². The first-order valence-corrected chi connectivity index (χ1v) is 13.3. The third-order valence-corrected chi connectivity index (χ3v) is 8.81. The lowest BCUT2D eigenvalue weighted by Gasteiger charge is -2.35. The van der Waals surface area contributed by atoms with E-state index in [0.29, 0.717) is 30.7 Å². The molecule has 1 atom stereocenters. The Morgan fingerprint density at radius 3 is 2.39 bits per heavy atom. The van der Waals surface area contributed by atoms with Gasteiger partial charge in [0.05, 0.1) is 10.1 Å². The maximum Gasteiger partial charge on any atom is 0.243 e. The number of benzene rings is 1. The highest BCUT2D eigenvalue weighted by atomic mass is 32.2. The van der Waals surface area contributed by atoms with Crippen molar-refractivity contribution >= 4 is 33.6 Å². The Kier molecular flexibility index (Phi) is 7.05. The Bertz CT molecular complexity index is 1110. The Hall–Kier alpha value is -2.44. The minimum Gasteiger partial charge on any atom is -0.370 e. The van der Waals surface area contributed by atoms with E-state index in [1.54, 1.807) is 35.2 Å². The van der Waals surface area contributed by atoms with Gasteiger partial charge in [-0.3, -0.25) is 9.59 Å². The van der Waals surface area contributed by atoms with Crippen LogP contribution in [0.15, 0.2) is 40.4 Å². The molecule has 1 aromatic carbocycles. The zero-order chi connectivity index (χ0) is 23.6. The van der Waals surface area contributed by atoms with E-state index in [9.17, 15) is 18.0 Å². The van der Waals surface area contributed by atoms with Crippen LogP contribution < -0.4 is 5.73 Å². The Morgan fingerprint density at radius 1 is 1.12 bits per heavy atom. The lowest BCUT2D eigenvalue weighted by Crippen LogP contribution is -2.52. The number of amides is 2. The number of sulfonamides is 1. The van der Waals surface area contributed by atoms with Gasteiger partial charge in [0.1, 0.15) is 5.82 Å². The average molecular weight is 493 g/mol. The van der Waals surface area contributed by atoms with E-state index in [0.717, 1.165) is 18.7 Å². The summed E-state index contributed by atoms with van der Waals surface area (Å²) in [5.74, 6) is 0.728. The van der Waals surface area contributed by atoms with E-state index in [2.05, 4.69) is 10.2 Å². The molecule has 1 unspecified atom stereocenters. The number of aromatic nitrogens is 3. The number of primary amides is 1. The first-order valence-electron chi connectivity index (χ1n) is 11.0. The predicted octanol–water partition coefficient (Wildman–Crippen LogP) is 1.04. The summed E-state index contributed by atoms with van der Waals surface area (Å²) in [6.45, 7) is 3.37. The Morgan fingerprint density at radius 2 is 1.79 bits per heavy atom. The fraction of sp³-hybridized carbons (Fsp3) is 0.524. The number of carbonyl (C=O) groups is 2. The maximum absolute atomic E-state index is 13.1. The molecule has 33 heavy (non-hydrogen) atoms. The summed E-state index contributed by atoms with van der Waals surface area (Å²) < 4.78 is 29.0. The standard InChI is InChI=1S/C21H28N6O4S2/c1-15(32-21-24-23-19(16-7-8-16)27(21)10-9-18(22)28)20(29)25-11-13-26(14-12-25)33(30,31)17-5-3-2-4-6-17/h2-6,15-16H,7-14H2,1H3,(H2,22,28). The highest BCUT2D eigenvalue weighted by Gasteiger charge is 2.34. The molecule has 4 rings (SSSR count). The van der Waals surface area contributed by atoms with Gasteiger partial charge in [-0.1, -0.05) is 30.0 Å². The van der Waals surface area contributed by atoms with Crippen LogP contribution in [-0.4, -0.2) is 75.6 Å². The molecule has 10 nitrogen and oxygen atoms in total. The third-order valence-electron chi connectivity index (χ3n) is 5.83. The van der Waals surface area contributed by atoms with Crippen molar-refractivity contribution in [3.63, 3.8) is 0 Å². The van der Waals surface area contributed by atoms with Gasteiger partial charge in [0.2, 0.25) is 21.8 Å². The molecule has 1 aliphatic heterocycles. The summed E-state index contributed by atoms with van der Waals surface area (Å²) >= 11 is 1.31. The van der Waals surface area contributed by atoms with Crippen LogP contribution in [0.2, 0.25) is 0 Å². The lowest BCUT2D eigenvalue weighted by atomic mass is 10.3. The van der Waals surface area contributed by atoms with Crippen molar-refractivity contribution in [2.45, 2.75) is 54.0 Å². The summed E-state index contributed by atoms with van der Waals surface area (Å²) in [7, 11) is -3.57. The number of rotatable bonds is 9. The molecule has 12 heteroatoms. The van der Waals surface area contributed by atoms with Gasteiger partial charge in [-0.25, -0.2) is 8.42 Å². The average Bonchev–Trinajstić information content (AvgIpc) is 3.59. The Balaban J connectivity index is 1.37. The summed E-state index contributed by atoms with van der Waals surface area (Å²) in [5.41, 5.74) is 5.32. The summed E-state index contributed by atoms with van der Waals surface area (Å²) in [4.78, 5) is 26.3. The molecular formula is C21H28N6O4S2. The van der Waals surface area contributed by atoms with E-state index in [-0.39, 0.29) is 30.3 Å². The molecule has 1 saturated carbocycles. The van der Waals surface area contributed by atoms with Crippen LogP contribution in [0.4, 0.5) is 0 Å². The number of carbonyl (C=O) groups excluding carboxylic acids is 2. The second kappa shape index (κ2) is 9.82. The minimum atomic E-state index is -3.57. The Labute approximate surface area is 197 Å². The van der Waals surface area contributed by atoms with Gasteiger partial charge in [-0.2, -0.15) is 4.31 Å². The topological polar surface area (TPSA) is 131 Å². The molecule has 0 radical (unpaired) electrons. The zero-order valence-corrected chi connectivity index (χ0v) is 20.1. The highest BCUT2D eigenvalue weighted by Crippen LogP contribution is 2.40. The van der Waals surface area contributed by atoms with E-state index in [1.165, 1.54) is 16.1 Å². The van der Waals surface area contributed by atoms with Crippen LogP contribution in [-0.2, 0) is 26.2 Å². The lowest BCUT2D eigenvalue weighted by molar-refractivity contribution is -0.131. The van der Waals surface area contributed by atoms with Gasteiger partial charge in [0.15, 0.2) is 5.16 Å². The number of nitrogens with zero attached hydrogens (tertiary/aromatic N) is 5. The van der Waals surface area contributed by atoms with E-state index in [1.807, 2.05) is 11.5 Å². The molecule has 2 heterocycles. The van der Waals surface area contributed by atoms with Crippen molar-refractivity contribution in [1.82, 2.24) is 24.0 Å². The fourth-order valence-corrected chi connectivity index (χ4v) is 6.23. The normalized spacial score (nSPS) is 18.3. The molecule has 0 spiro atoms. The van der Waals surface area contributed by atoms with Crippen LogP contribution in [0, 0.1) is 0 Å². The second-order valence-electron chi connectivity index (χ2n) is 8.29. The molecule has 2 aromatic rings. The summed E-state index contributed by atoms with van der Waals surface area (Å²) in [5, 5.41) is 8.73. The summed E-state index contributed by atoms with van der Waals surface area (Å²) in [6.07, 6.45) is 2.28. The van der Waals surface area contributed by atoms with Crippen LogP contribution in [0.1, 0.15) is 37.9 Å². The number of hydrogen-bond acceptors (Lipinski definition) is 7. The number of hydrogen-bond donors (Lipinski definition) is 1. The van der Waals surface area contributed by atoms with Gasteiger partial charge < -0.3 is 15.2 Å². The predicted molar refractivity (Wildman–Crippen MR) is 123 cm³/mol. The van der Waals surface area contributed by atoms with Crippen LogP contribution in [0.3, 0.4) is 0 Å². The van der Waals surface area contributed by atoms with Gasteiger partial charge in [0.25, 0.3) is 0 Å². The van der Waals surface area contributed by atoms with E-state index >= 15 is 0 Å². The van der Waals surface area contributed by atoms with Crippen molar-refractivity contribution in [3.8, 4) is 0 Å². The molecule has 2 amide bonds. The van der Waals surface area contributed by atoms with Crippen molar-refractivity contribution < 1.29 is 18.0 Å². The molecule has 1 aliphatic carbocycles. The number of nitrogens with two attached hydrogens (primary N) is 1. The highest BCUT2D eigenvalue weighted by molar-refractivity contribution is 8.00. The van der Waals surface area contributed by atoms with Gasteiger partial charge in [0, 0.05) is 45.1 Å². The van der Waals surface area contributed by atoms with E-state index in [4.69, 9.17) is 5.73 Å². The smallest absolute Gasteiger partial charge is 0.243 e. The minimum absolute atomic E-state index is 0.0748. The third kappa shape index (κ3) is 5.39. The molecule has 0 bridgehead atoms. The first kappa shape index (κ1) is 23.7. The van der Waals surface area contributed by atoms with Gasteiger partial charge in [-0.05, 0) is 31.9 Å². The molecular weight excluding hydrogens is 464 g/mol. The molecule has 1 saturated heterocycles. The molecule has 2 aliphatic rings. The summed E-state index contributed by atoms with van der Waals surface area (Å²) in [6, 6.07) is 8.33. The molecule has 1 aromatic heterocycles. The van der Waals surface area contributed by atoms with Crippen molar-refractivity contribution in [2.24, 2.45) is 5.73 Å². The van der Waals surface area contributed by atoms with Crippen LogP contribution in [0.25, 0.3) is 0 Å². The quantitative estimate of drug-likeness (QED) is 0.518. The fourth-order valence-electron chi connectivity index (χ4n) is 3.82. The van der Waals surface area contributed by atoms with Gasteiger partial charge >= 0.3 is 0 Å². The van der Waals surface area contributed by atoms with Crippen molar-refractivity contribution in [3.05, 3.63) is 36.2 Å².